The summed E-state index contributed by atoms with van der Waals surface area (Å²) in [5.74, 6) is 0.263. The van der Waals surface area contributed by atoms with E-state index in [1.54, 1.807) is 24.3 Å². The Balaban J connectivity index is 1.83. The Hall–Kier alpha value is -2.33. The number of nitrogens with zero attached hydrogens (tertiary/aromatic N) is 1. The Labute approximate surface area is 128 Å². The van der Waals surface area contributed by atoms with Gasteiger partial charge in [0.2, 0.25) is 0 Å². The first kappa shape index (κ1) is 15.1. The fourth-order valence-electron chi connectivity index (χ4n) is 1.60. The number of halogens is 1. The second kappa shape index (κ2) is 7.45. The van der Waals surface area contributed by atoms with Gasteiger partial charge in [0.15, 0.2) is 6.61 Å². The largest absolute Gasteiger partial charge is 0.484 e. The van der Waals surface area contributed by atoms with Crippen molar-refractivity contribution in [2.75, 3.05) is 6.61 Å². The molecule has 5 heteroatoms. The Bertz CT molecular complexity index is 624. The molecule has 1 amide bonds. The molecule has 0 bridgehead atoms. The summed E-state index contributed by atoms with van der Waals surface area (Å²) in [6, 6.07) is 16.4. The molecule has 0 heterocycles. The maximum Gasteiger partial charge on any atom is 0.277 e. The molecular weight excluding hydrogens is 288 g/mol. The normalized spacial score (nSPS) is 11.0. The lowest BCUT2D eigenvalue weighted by molar-refractivity contribution is -0.123. The molecule has 108 valence electrons. The van der Waals surface area contributed by atoms with Crippen LogP contribution in [-0.2, 0) is 4.79 Å². The van der Waals surface area contributed by atoms with E-state index >= 15 is 0 Å². The number of ether oxygens (including phenoxy) is 1. The van der Waals surface area contributed by atoms with Crippen LogP contribution >= 0.6 is 11.6 Å². The Morgan fingerprint density at radius 2 is 1.81 bits per heavy atom. The summed E-state index contributed by atoms with van der Waals surface area (Å²) in [5.41, 5.74) is 4.15. The molecule has 2 aromatic rings. The summed E-state index contributed by atoms with van der Waals surface area (Å²) < 4.78 is 5.32. The fraction of sp³-hybridized carbons (Fsp3) is 0.125. The van der Waals surface area contributed by atoms with Crippen LogP contribution in [0.2, 0.25) is 5.02 Å². The number of amides is 1. The van der Waals surface area contributed by atoms with Gasteiger partial charge in [0.1, 0.15) is 5.75 Å². The van der Waals surface area contributed by atoms with Crippen LogP contribution in [0.1, 0.15) is 12.5 Å². The zero-order chi connectivity index (χ0) is 15.1. The molecule has 4 nitrogen and oxygen atoms in total. The molecule has 0 spiro atoms. The van der Waals surface area contributed by atoms with E-state index in [0.717, 1.165) is 11.3 Å². The molecule has 0 saturated heterocycles. The molecule has 0 aliphatic heterocycles. The number of carbonyl (C=O) groups is 1. The standard InChI is InChI=1S/C16H15ClN2O2/c1-12(13-5-3-2-4-6-13)18-19-16(20)11-21-15-9-7-14(17)8-10-15/h2-10H,11H2,1H3,(H,19,20). The van der Waals surface area contributed by atoms with Gasteiger partial charge in [-0.15, -0.1) is 0 Å². The molecule has 0 fully saturated rings. The van der Waals surface area contributed by atoms with Crippen LogP contribution in [0.5, 0.6) is 5.75 Å². The zero-order valence-electron chi connectivity index (χ0n) is 11.5. The van der Waals surface area contributed by atoms with Crippen molar-refractivity contribution in [1.82, 2.24) is 5.43 Å². The number of hydrogen-bond donors (Lipinski definition) is 1. The van der Waals surface area contributed by atoms with Gasteiger partial charge in [0.05, 0.1) is 5.71 Å². The number of nitrogens with one attached hydrogen (secondary N) is 1. The van der Waals surface area contributed by atoms with Crippen LogP contribution in [0.4, 0.5) is 0 Å². The molecule has 0 unspecified atom stereocenters. The highest BCUT2D eigenvalue weighted by Crippen LogP contribution is 2.15. The average molecular weight is 303 g/mol. The zero-order valence-corrected chi connectivity index (χ0v) is 12.3. The summed E-state index contributed by atoms with van der Waals surface area (Å²) in [5, 5.41) is 4.66. The lowest BCUT2D eigenvalue weighted by atomic mass is 10.1. The topological polar surface area (TPSA) is 50.7 Å². The Morgan fingerprint density at radius 1 is 1.14 bits per heavy atom. The molecule has 0 saturated carbocycles. The van der Waals surface area contributed by atoms with E-state index in [0.29, 0.717) is 10.8 Å². The van der Waals surface area contributed by atoms with Gasteiger partial charge in [-0.1, -0.05) is 41.9 Å². The van der Waals surface area contributed by atoms with Crippen LogP contribution < -0.4 is 10.2 Å². The minimum absolute atomic E-state index is 0.104. The van der Waals surface area contributed by atoms with E-state index < -0.39 is 0 Å². The molecule has 0 aliphatic carbocycles. The van der Waals surface area contributed by atoms with Crippen molar-refractivity contribution in [3.8, 4) is 5.75 Å². The fourth-order valence-corrected chi connectivity index (χ4v) is 1.73. The Kier molecular flexibility index (Phi) is 5.35. The van der Waals surface area contributed by atoms with Crippen LogP contribution in [0.15, 0.2) is 59.7 Å². The molecule has 0 aromatic heterocycles. The molecule has 2 rings (SSSR count). The van der Waals surface area contributed by atoms with Crippen LogP contribution in [0.25, 0.3) is 0 Å². The predicted octanol–water partition coefficient (Wildman–Crippen LogP) is 3.26. The molecule has 21 heavy (non-hydrogen) atoms. The van der Waals surface area contributed by atoms with E-state index in [1.807, 2.05) is 37.3 Å². The number of hydrogen-bond acceptors (Lipinski definition) is 3. The van der Waals surface area contributed by atoms with E-state index in [4.69, 9.17) is 16.3 Å². The van der Waals surface area contributed by atoms with Gasteiger partial charge in [-0.05, 0) is 36.8 Å². The summed E-state index contributed by atoms with van der Waals surface area (Å²) >= 11 is 5.76. The van der Waals surface area contributed by atoms with E-state index in [9.17, 15) is 4.79 Å². The van der Waals surface area contributed by atoms with Crippen LogP contribution in [0, 0.1) is 0 Å². The van der Waals surface area contributed by atoms with Gasteiger partial charge in [-0.2, -0.15) is 5.10 Å². The number of carbonyl (C=O) groups excluding carboxylic acids is 1. The van der Waals surface area contributed by atoms with Crippen molar-refractivity contribution in [3.05, 3.63) is 65.2 Å². The van der Waals surface area contributed by atoms with Gasteiger partial charge in [-0.3, -0.25) is 4.79 Å². The van der Waals surface area contributed by atoms with Crippen LogP contribution in [0.3, 0.4) is 0 Å². The Morgan fingerprint density at radius 3 is 2.48 bits per heavy atom. The first-order valence-corrected chi connectivity index (χ1v) is 6.80. The summed E-state index contributed by atoms with van der Waals surface area (Å²) in [4.78, 5) is 11.6. The molecule has 0 aliphatic rings. The molecule has 2 aromatic carbocycles. The predicted molar refractivity (Wildman–Crippen MR) is 83.7 cm³/mol. The SMILES string of the molecule is CC(=NNC(=O)COc1ccc(Cl)cc1)c1ccccc1. The number of rotatable bonds is 5. The van der Waals surface area contributed by atoms with Gasteiger partial charge < -0.3 is 4.74 Å². The minimum atomic E-state index is -0.319. The van der Waals surface area contributed by atoms with Crippen molar-refractivity contribution in [2.45, 2.75) is 6.92 Å². The van der Waals surface area contributed by atoms with Gasteiger partial charge >= 0.3 is 0 Å². The van der Waals surface area contributed by atoms with Crippen molar-refractivity contribution < 1.29 is 9.53 Å². The van der Waals surface area contributed by atoms with Crippen molar-refractivity contribution in [3.63, 3.8) is 0 Å². The van der Waals surface area contributed by atoms with Gasteiger partial charge in [0, 0.05) is 5.02 Å². The molecule has 1 N–H and O–H groups in total. The third-order valence-electron chi connectivity index (χ3n) is 2.72. The molecule has 0 atom stereocenters. The van der Waals surface area contributed by atoms with E-state index in [2.05, 4.69) is 10.5 Å². The lowest BCUT2D eigenvalue weighted by Gasteiger charge is -2.05. The lowest BCUT2D eigenvalue weighted by Crippen LogP contribution is -2.25. The second-order valence-corrected chi connectivity index (χ2v) is 4.78. The quantitative estimate of drug-likeness (QED) is 0.681. The third-order valence-corrected chi connectivity index (χ3v) is 2.98. The maximum atomic E-state index is 11.6. The maximum absolute atomic E-state index is 11.6. The minimum Gasteiger partial charge on any atom is -0.484 e. The first-order chi connectivity index (χ1) is 10.1. The van der Waals surface area contributed by atoms with Crippen molar-refractivity contribution in [1.29, 1.82) is 0 Å². The number of hydrazone groups is 1. The monoisotopic (exact) mass is 302 g/mol. The highest BCUT2D eigenvalue weighted by molar-refractivity contribution is 6.30. The van der Waals surface area contributed by atoms with Crippen molar-refractivity contribution >= 4 is 23.2 Å². The highest BCUT2D eigenvalue weighted by atomic mass is 35.5. The summed E-state index contributed by atoms with van der Waals surface area (Å²) in [6.07, 6.45) is 0. The van der Waals surface area contributed by atoms with Crippen LogP contribution in [-0.4, -0.2) is 18.2 Å². The molecular formula is C16H15ClN2O2. The van der Waals surface area contributed by atoms with E-state index in [-0.39, 0.29) is 12.5 Å². The highest BCUT2D eigenvalue weighted by Gasteiger charge is 2.02. The van der Waals surface area contributed by atoms with Gasteiger partial charge in [-0.25, -0.2) is 5.43 Å². The third kappa shape index (κ3) is 4.93. The van der Waals surface area contributed by atoms with E-state index in [1.165, 1.54) is 0 Å². The average Bonchev–Trinajstić information content (AvgIpc) is 2.53. The smallest absolute Gasteiger partial charge is 0.277 e. The van der Waals surface area contributed by atoms with Gasteiger partial charge in [0.25, 0.3) is 5.91 Å². The first-order valence-electron chi connectivity index (χ1n) is 6.42. The molecule has 0 radical (unpaired) electrons. The summed E-state index contributed by atoms with van der Waals surface area (Å²) in [6.45, 7) is 1.73. The number of benzene rings is 2. The second-order valence-electron chi connectivity index (χ2n) is 4.34. The summed E-state index contributed by atoms with van der Waals surface area (Å²) in [7, 11) is 0. The van der Waals surface area contributed by atoms with Crippen molar-refractivity contribution in [2.24, 2.45) is 5.10 Å².